The van der Waals surface area contributed by atoms with E-state index in [2.05, 4.69) is 15.3 Å². The van der Waals surface area contributed by atoms with E-state index in [0.717, 1.165) is 0 Å². The second kappa shape index (κ2) is 5.45. The van der Waals surface area contributed by atoms with Gasteiger partial charge in [0.15, 0.2) is 5.66 Å². The van der Waals surface area contributed by atoms with E-state index in [0.29, 0.717) is 17.8 Å². The molecule has 8 heteroatoms. The van der Waals surface area contributed by atoms with Gasteiger partial charge in [0, 0.05) is 31.7 Å². The molecule has 0 saturated carbocycles. The van der Waals surface area contributed by atoms with Crippen LogP contribution in [0, 0.1) is 13.8 Å². The standard InChI is InChI=1S/C15H19F3N4O/c1-9-7-10(2)21-13(23)12(9)11-8-14(15(16,17)18)20-4-6-22(14)5-3-19-11/h7,20H,3-6,8H2,1-2H3,(H,21,23)/t14-/m0/s1. The largest absolute Gasteiger partial charge is 0.420 e. The van der Waals surface area contributed by atoms with Gasteiger partial charge >= 0.3 is 6.18 Å². The Balaban J connectivity index is 2.09. The second-order valence-electron chi connectivity index (χ2n) is 6.12. The van der Waals surface area contributed by atoms with Gasteiger partial charge in [-0.15, -0.1) is 0 Å². The molecule has 126 valence electrons. The first-order chi connectivity index (χ1) is 10.7. The summed E-state index contributed by atoms with van der Waals surface area (Å²) in [4.78, 5) is 20.6. The fourth-order valence-corrected chi connectivity index (χ4v) is 3.54. The van der Waals surface area contributed by atoms with Crippen molar-refractivity contribution in [3.8, 4) is 0 Å². The number of hydrogen-bond acceptors (Lipinski definition) is 4. The molecule has 1 atom stereocenters. The summed E-state index contributed by atoms with van der Waals surface area (Å²) in [6.07, 6.45) is -4.80. The topological polar surface area (TPSA) is 60.5 Å². The van der Waals surface area contributed by atoms with Gasteiger partial charge < -0.3 is 4.98 Å². The van der Waals surface area contributed by atoms with Crippen molar-refractivity contribution < 1.29 is 13.2 Å². The number of fused-ring (bicyclic) bond motifs is 1. The van der Waals surface area contributed by atoms with Crippen LogP contribution in [0.1, 0.15) is 23.2 Å². The lowest BCUT2D eigenvalue weighted by molar-refractivity contribution is -0.227. The van der Waals surface area contributed by atoms with Crippen LogP contribution in [0.4, 0.5) is 13.2 Å². The van der Waals surface area contributed by atoms with E-state index in [-0.39, 0.29) is 42.9 Å². The molecule has 0 bridgehead atoms. The van der Waals surface area contributed by atoms with Gasteiger partial charge in [-0.3, -0.25) is 20.0 Å². The number of pyridine rings is 1. The molecule has 1 saturated heterocycles. The molecule has 2 N–H and O–H groups in total. The van der Waals surface area contributed by atoms with Gasteiger partial charge in [-0.1, -0.05) is 0 Å². The molecule has 3 heterocycles. The molecule has 0 spiro atoms. The number of aromatic amines is 1. The van der Waals surface area contributed by atoms with Crippen LogP contribution < -0.4 is 10.9 Å². The number of rotatable bonds is 1. The van der Waals surface area contributed by atoms with Gasteiger partial charge in [0.2, 0.25) is 0 Å². The number of alkyl halides is 3. The van der Waals surface area contributed by atoms with E-state index in [9.17, 15) is 18.0 Å². The Labute approximate surface area is 131 Å². The monoisotopic (exact) mass is 328 g/mol. The predicted molar refractivity (Wildman–Crippen MR) is 80.9 cm³/mol. The van der Waals surface area contributed by atoms with Gasteiger partial charge in [0.1, 0.15) is 0 Å². The van der Waals surface area contributed by atoms with Crippen LogP contribution in [0.25, 0.3) is 0 Å². The highest BCUT2D eigenvalue weighted by Crippen LogP contribution is 2.40. The molecule has 3 rings (SSSR count). The van der Waals surface area contributed by atoms with E-state index >= 15 is 0 Å². The molecule has 1 aromatic rings. The number of hydrogen-bond donors (Lipinski definition) is 2. The quantitative estimate of drug-likeness (QED) is 0.818. The predicted octanol–water partition coefficient (Wildman–Crippen LogP) is 1.35. The lowest BCUT2D eigenvalue weighted by Crippen LogP contribution is -2.63. The number of aliphatic imine (C=N–C) groups is 1. The Morgan fingerprint density at radius 2 is 2.04 bits per heavy atom. The average molecular weight is 328 g/mol. The Bertz CT molecular complexity index is 710. The zero-order valence-corrected chi connectivity index (χ0v) is 13.0. The van der Waals surface area contributed by atoms with Crippen LogP contribution in [-0.2, 0) is 0 Å². The van der Waals surface area contributed by atoms with Crippen LogP contribution in [0.2, 0.25) is 0 Å². The molecule has 1 fully saturated rings. The molecule has 1 aromatic heterocycles. The third-order valence-corrected chi connectivity index (χ3v) is 4.56. The smallest absolute Gasteiger partial charge is 0.326 e. The highest BCUT2D eigenvalue weighted by molar-refractivity contribution is 6.02. The van der Waals surface area contributed by atoms with E-state index in [1.807, 2.05) is 0 Å². The van der Waals surface area contributed by atoms with Crippen molar-refractivity contribution in [1.82, 2.24) is 15.2 Å². The van der Waals surface area contributed by atoms with Gasteiger partial charge in [-0.2, -0.15) is 13.2 Å². The van der Waals surface area contributed by atoms with Gasteiger partial charge in [-0.05, 0) is 25.5 Å². The maximum atomic E-state index is 13.8. The number of nitrogens with zero attached hydrogens (tertiary/aromatic N) is 2. The average Bonchev–Trinajstić information content (AvgIpc) is 2.73. The summed E-state index contributed by atoms with van der Waals surface area (Å²) < 4.78 is 41.3. The first-order valence-electron chi connectivity index (χ1n) is 7.55. The van der Waals surface area contributed by atoms with Crippen LogP contribution in [-0.4, -0.2) is 53.6 Å². The van der Waals surface area contributed by atoms with Crippen molar-refractivity contribution >= 4 is 5.71 Å². The summed E-state index contributed by atoms with van der Waals surface area (Å²) >= 11 is 0. The zero-order valence-electron chi connectivity index (χ0n) is 13.0. The van der Waals surface area contributed by atoms with Crippen LogP contribution in [0.15, 0.2) is 15.9 Å². The van der Waals surface area contributed by atoms with E-state index in [4.69, 9.17) is 0 Å². The summed E-state index contributed by atoms with van der Waals surface area (Å²) in [6.45, 7) is 4.54. The lowest BCUT2D eigenvalue weighted by Gasteiger charge is -2.38. The minimum atomic E-state index is -4.44. The minimum absolute atomic E-state index is 0.220. The zero-order chi connectivity index (χ0) is 16.8. The molecule has 2 aliphatic heterocycles. The van der Waals surface area contributed by atoms with Crippen LogP contribution in [0.3, 0.4) is 0 Å². The summed E-state index contributed by atoms with van der Waals surface area (Å²) in [6, 6.07) is 1.75. The van der Waals surface area contributed by atoms with Crippen molar-refractivity contribution in [2.75, 3.05) is 26.2 Å². The number of aryl methyl sites for hydroxylation is 2. The number of aromatic nitrogens is 1. The summed E-state index contributed by atoms with van der Waals surface area (Å²) in [5, 5.41) is 2.61. The molecule has 0 aromatic carbocycles. The Kier molecular flexibility index (Phi) is 3.84. The summed E-state index contributed by atoms with van der Waals surface area (Å²) in [7, 11) is 0. The van der Waals surface area contributed by atoms with E-state index in [1.165, 1.54) is 4.90 Å². The van der Waals surface area contributed by atoms with Gasteiger partial charge in [-0.25, -0.2) is 0 Å². The number of H-pyrrole nitrogens is 1. The molecular weight excluding hydrogens is 309 g/mol. The third kappa shape index (κ3) is 2.59. The number of halogens is 3. The third-order valence-electron chi connectivity index (χ3n) is 4.56. The maximum absolute atomic E-state index is 13.8. The molecule has 0 amide bonds. The molecule has 0 unspecified atom stereocenters. The maximum Gasteiger partial charge on any atom is 0.420 e. The van der Waals surface area contributed by atoms with Crippen molar-refractivity contribution in [1.29, 1.82) is 0 Å². The van der Waals surface area contributed by atoms with Crippen molar-refractivity contribution in [3.05, 3.63) is 33.2 Å². The molecular formula is C15H19F3N4O. The van der Waals surface area contributed by atoms with Crippen molar-refractivity contribution in [2.24, 2.45) is 4.99 Å². The van der Waals surface area contributed by atoms with Crippen LogP contribution >= 0.6 is 0 Å². The van der Waals surface area contributed by atoms with Gasteiger partial charge in [0.05, 0.1) is 17.8 Å². The highest BCUT2D eigenvalue weighted by atomic mass is 19.4. The second-order valence-corrected chi connectivity index (χ2v) is 6.12. The highest BCUT2D eigenvalue weighted by Gasteiger charge is 2.61. The van der Waals surface area contributed by atoms with Crippen LogP contribution in [0.5, 0.6) is 0 Å². The molecule has 0 aliphatic carbocycles. The van der Waals surface area contributed by atoms with E-state index in [1.54, 1.807) is 19.9 Å². The molecule has 5 nitrogen and oxygen atoms in total. The molecule has 0 radical (unpaired) electrons. The fraction of sp³-hybridized carbons (Fsp3) is 0.600. The first kappa shape index (κ1) is 16.2. The normalized spacial score (nSPS) is 25.9. The Morgan fingerprint density at radius 1 is 1.30 bits per heavy atom. The summed E-state index contributed by atoms with van der Waals surface area (Å²) in [5.41, 5.74) is -0.713. The number of nitrogens with one attached hydrogen (secondary N) is 2. The lowest BCUT2D eigenvalue weighted by atomic mass is 9.95. The van der Waals surface area contributed by atoms with Crippen molar-refractivity contribution in [3.63, 3.8) is 0 Å². The summed E-state index contributed by atoms with van der Waals surface area (Å²) in [5.74, 6) is 0. The molecule has 23 heavy (non-hydrogen) atoms. The van der Waals surface area contributed by atoms with E-state index < -0.39 is 11.8 Å². The Morgan fingerprint density at radius 3 is 2.70 bits per heavy atom. The Hall–Kier alpha value is -1.67. The van der Waals surface area contributed by atoms with Gasteiger partial charge in [0.25, 0.3) is 5.56 Å². The van der Waals surface area contributed by atoms with Crippen molar-refractivity contribution in [2.45, 2.75) is 32.1 Å². The minimum Gasteiger partial charge on any atom is -0.326 e. The molecule has 2 aliphatic rings. The SMILES string of the molecule is Cc1cc(C)c(C2=NCCN3CCN[C@@]3(C(F)(F)F)C2)c(=O)[nH]1. The fourth-order valence-electron chi connectivity index (χ4n) is 3.54. The first-order valence-corrected chi connectivity index (χ1v) is 7.55.